The van der Waals surface area contributed by atoms with Gasteiger partial charge in [0.05, 0.1) is 7.11 Å². The normalized spacial score (nSPS) is 11.7. The van der Waals surface area contributed by atoms with E-state index in [1.165, 1.54) is 0 Å². The van der Waals surface area contributed by atoms with Crippen LogP contribution < -0.4 is 10.1 Å². The molecule has 0 aliphatic carbocycles. The summed E-state index contributed by atoms with van der Waals surface area (Å²) < 4.78 is 10.1. The molecule has 0 spiro atoms. The minimum atomic E-state index is -0.526. The van der Waals surface area contributed by atoms with E-state index in [1.807, 2.05) is 24.3 Å². The van der Waals surface area contributed by atoms with Gasteiger partial charge in [-0.25, -0.2) is 0 Å². The van der Waals surface area contributed by atoms with Crippen LogP contribution in [0.3, 0.4) is 0 Å². The molecule has 24 heavy (non-hydrogen) atoms. The highest BCUT2D eigenvalue weighted by Gasteiger charge is 2.24. The molecule has 1 atom stereocenters. The van der Waals surface area contributed by atoms with Crippen LogP contribution in [0.2, 0.25) is 0 Å². The number of benzene rings is 1. The van der Waals surface area contributed by atoms with Gasteiger partial charge in [-0.05, 0) is 31.0 Å². The second-order valence-electron chi connectivity index (χ2n) is 5.54. The molecule has 1 N–H and O–H groups in total. The summed E-state index contributed by atoms with van der Waals surface area (Å²) in [5.41, 5.74) is 0.955. The number of carbonyl (C=O) groups is 2. The Morgan fingerprint density at radius 1 is 1.21 bits per heavy atom. The van der Waals surface area contributed by atoms with E-state index in [0.29, 0.717) is 26.1 Å². The van der Waals surface area contributed by atoms with Crippen LogP contribution in [0.5, 0.6) is 5.75 Å². The monoisotopic (exact) mass is 336 g/mol. The predicted octanol–water partition coefficient (Wildman–Crippen LogP) is 1.97. The molecule has 0 bridgehead atoms. The maximum atomic E-state index is 12.3. The Morgan fingerprint density at radius 3 is 2.42 bits per heavy atom. The molecule has 0 heterocycles. The quantitative estimate of drug-likeness (QED) is 0.663. The van der Waals surface area contributed by atoms with E-state index in [9.17, 15) is 9.59 Å². The summed E-state index contributed by atoms with van der Waals surface area (Å²) in [6, 6.07) is 6.97. The lowest BCUT2D eigenvalue weighted by Gasteiger charge is -2.28. The SMILES string of the molecule is CCC(=O)N(Cc1ccc(OC)cc1)[C@@H](C)C(=O)NCCCOC. The number of hydrogen-bond donors (Lipinski definition) is 1. The number of hydrogen-bond acceptors (Lipinski definition) is 4. The molecular formula is C18H28N2O4. The predicted molar refractivity (Wildman–Crippen MR) is 92.8 cm³/mol. The number of methoxy groups -OCH3 is 2. The lowest BCUT2D eigenvalue weighted by molar-refractivity contribution is -0.140. The van der Waals surface area contributed by atoms with Crippen LogP contribution in [0.1, 0.15) is 32.3 Å². The van der Waals surface area contributed by atoms with Crippen LogP contribution in [0.25, 0.3) is 0 Å². The van der Waals surface area contributed by atoms with E-state index in [1.54, 1.807) is 33.0 Å². The van der Waals surface area contributed by atoms with Crippen molar-refractivity contribution in [3.63, 3.8) is 0 Å². The van der Waals surface area contributed by atoms with E-state index in [-0.39, 0.29) is 11.8 Å². The van der Waals surface area contributed by atoms with Crippen LogP contribution in [-0.2, 0) is 20.9 Å². The van der Waals surface area contributed by atoms with Crippen LogP contribution in [0, 0.1) is 0 Å². The largest absolute Gasteiger partial charge is 0.497 e. The lowest BCUT2D eigenvalue weighted by Crippen LogP contribution is -2.47. The van der Waals surface area contributed by atoms with Crippen LogP contribution in [-0.4, -0.2) is 50.1 Å². The minimum Gasteiger partial charge on any atom is -0.497 e. The summed E-state index contributed by atoms with van der Waals surface area (Å²) in [4.78, 5) is 26.2. The van der Waals surface area contributed by atoms with Gasteiger partial charge in [-0.1, -0.05) is 19.1 Å². The molecule has 0 aliphatic heterocycles. The Labute approximate surface area is 144 Å². The van der Waals surface area contributed by atoms with Crippen molar-refractivity contribution in [1.82, 2.24) is 10.2 Å². The third kappa shape index (κ3) is 6.20. The first-order valence-electron chi connectivity index (χ1n) is 8.22. The molecule has 0 aliphatic rings. The number of ether oxygens (including phenoxy) is 2. The summed E-state index contributed by atoms with van der Waals surface area (Å²) in [5, 5.41) is 2.85. The topological polar surface area (TPSA) is 67.9 Å². The first kappa shape index (κ1) is 20.0. The van der Waals surface area contributed by atoms with E-state index >= 15 is 0 Å². The summed E-state index contributed by atoms with van der Waals surface area (Å²) in [6.45, 7) is 5.07. The third-order valence-electron chi connectivity index (χ3n) is 3.81. The second kappa shape index (κ2) is 10.6. The first-order valence-corrected chi connectivity index (χ1v) is 8.22. The second-order valence-corrected chi connectivity index (χ2v) is 5.54. The van der Waals surface area contributed by atoms with E-state index in [2.05, 4.69) is 5.32 Å². The molecule has 134 valence electrons. The van der Waals surface area contributed by atoms with Crippen molar-refractivity contribution >= 4 is 11.8 Å². The molecule has 0 saturated carbocycles. The zero-order valence-corrected chi connectivity index (χ0v) is 15.0. The van der Waals surface area contributed by atoms with Gasteiger partial charge >= 0.3 is 0 Å². The van der Waals surface area contributed by atoms with Gasteiger partial charge in [0.2, 0.25) is 11.8 Å². The number of nitrogens with one attached hydrogen (secondary N) is 1. The molecule has 6 heteroatoms. The fraction of sp³-hybridized carbons (Fsp3) is 0.556. The van der Waals surface area contributed by atoms with Crippen molar-refractivity contribution < 1.29 is 19.1 Å². The van der Waals surface area contributed by atoms with E-state index in [0.717, 1.165) is 17.7 Å². The lowest BCUT2D eigenvalue weighted by atomic mass is 10.1. The standard InChI is InChI=1S/C18H28N2O4/c1-5-17(21)20(13-15-7-9-16(24-4)10-8-15)14(2)18(22)19-11-6-12-23-3/h7-10,14H,5-6,11-13H2,1-4H3,(H,19,22)/t14-/m0/s1. The fourth-order valence-corrected chi connectivity index (χ4v) is 2.29. The van der Waals surface area contributed by atoms with Crippen molar-refractivity contribution in [2.75, 3.05) is 27.4 Å². The summed E-state index contributed by atoms with van der Waals surface area (Å²) in [7, 11) is 3.23. The van der Waals surface area contributed by atoms with Gasteiger partial charge in [0.15, 0.2) is 0 Å². The number of amides is 2. The fourth-order valence-electron chi connectivity index (χ4n) is 2.29. The van der Waals surface area contributed by atoms with Crippen molar-refractivity contribution in [3.05, 3.63) is 29.8 Å². The number of carbonyl (C=O) groups excluding carboxylic acids is 2. The molecule has 1 aromatic carbocycles. The highest BCUT2D eigenvalue weighted by molar-refractivity contribution is 5.87. The zero-order chi connectivity index (χ0) is 17.9. The first-order chi connectivity index (χ1) is 11.5. The van der Waals surface area contributed by atoms with Gasteiger partial charge in [0.25, 0.3) is 0 Å². The number of nitrogens with zero attached hydrogens (tertiary/aromatic N) is 1. The van der Waals surface area contributed by atoms with Crippen molar-refractivity contribution in [1.29, 1.82) is 0 Å². The highest BCUT2D eigenvalue weighted by atomic mass is 16.5. The third-order valence-corrected chi connectivity index (χ3v) is 3.81. The Kier molecular flexibility index (Phi) is 8.86. The molecule has 0 radical (unpaired) electrons. The summed E-state index contributed by atoms with van der Waals surface area (Å²) in [5.74, 6) is 0.558. The molecule has 1 rings (SSSR count). The van der Waals surface area contributed by atoms with Crippen LogP contribution in [0.4, 0.5) is 0 Å². The van der Waals surface area contributed by atoms with Gasteiger partial charge in [0.1, 0.15) is 11.8 Å². The molecule has 0 fully saturated rings. The Bertz CT molecular complexity index is 516. The van der Waals surface area contributed by atoms with Crippen molar-refractivity contribution in [3.8, 4) is 5.75 Å². The maximum absolute atomic E-state index is 12.3. The molecule has 1 aromatic rings. The average molecular weight is 336 g/mol. The van der Waals surface area contributed by atoms with Crippen LogP contribution in [0.15, 0.2) is 24.3 Å². The van der Waals surface area contributed by atoms with Gasteiger partial charge in [-0.2, -0.15) is 0 Å². The number of rotatable bonds is 10. The van der Waals surface area contributed by atoms with Gasteiger partial charge in [0, 0.05) is 33.2 Å². The van der Waals surface area contributed by atoms with Gasteiger partial charge in [-0.15, -0.1) is 0 Å². The van der Waals surface area contributed by atoms with Gasteiger partial charge < -0.3 is 19.7 Å². The minimum absolute atomic E-state index is 0.0506. The molecule has 0 aromatic heterocycles. The highest BCUT2D eigenvalue weighted by Crippen LogP contribution is 2.15. The summed E-state index contributed by atoms with van der Waals surface area (Å²) in [6.07, 6.45) is 1.10. The van der Waals surface area contributed by atoms with E-state index < -0.39 is 6.04 Å². The Morgan fingerprint density at radius 2 is 1.88 bits per heavy atom. The molecular weight excluding hydrogens is 308 g/mol. The van der Waals surface area contributed by atoms with Crippen molar-refractivity contribution in [2.45, 2.75) is 39.3 Å². The smallest absolute Gasteiger partial charge is 0.242 e. The van der Waals surface area contributed by atoms with Gasteiger partial charge in [-0.3, -0.25) is 9.59 Å². The zero-order valence-electron chi connectivity index (χ0n) is 15.0. The molecule has 6 nitrogen and oxygen atoms in total. The maximum Gasteiger partial charge on any atom is 0.242 e. The Balaban J connectivity index is 2.72. The molecule has 2 amide bonds. The summed E-state index contributed by atoms with van der Waals surface area (Å²) >= 11 is 0. The molecule has 0 unspecified atom stereocenters. The van der Waals surface area contributed by atoms with Crippen LogP contribution >= 0.6 is 0 Å². The van der Waals surface area contributed by atoms with Crippen molar-refractivity contribution in [2.24, 2.45) is 0 Å². The van der Waals surface area contributed by atoms with E-state index in [4.69, 9.17) is 9.47 Å². The Hall–Kier alpha value is -2.08. The molecule has 0 saturated heterocycles. The average Bonchev–Trinajstić information content (AvgIpc) is 2.62.